The van der Waals surface area contributed by atoms with E-state index in [-0.39, 0.29) is 19.1 Å². The van der Waals surface area contributed by atoms with Gasteiger partial charge in [-0.3, -0.25) is 0 Å². The highest BCUT2D eigenvalue weighted by atomic mass is 19.3. The zero-order valence-corrected chi connectivity index (χ0v) is 17.2. The van der Waals surface area contributed by atoms with Gasteiger partial charge in [0.25, 0.3) is 5.92 Å². The number of carbonyl (C=O) groups excluding carboxylic acids is 1. The second-order valence-electron chi connectivity index (χ2n) is 8.54. The zero-order valence-electron chi connectivity index (χ0n) is 17.2. The van der Waals surface area contributed by atoms with Gasteiger partial charge in [0.15, 0.2) is 0 Å². The van der Waals surface area contributed by atoms with Crippen molar-refractivity contribution >= 4 is 11.8 Å². The summed E-state index contributed by atoms with van der Waals surface area (Å²) in [5.41, 5.74) is 2.38. The van der Waals surface area contributed by atoms with Crippen molar-refractivity contribution in [3.05, 3.63) is 23.3 Å². The molecule has 0 bridgehead atoms. The molecule has 0 N–H and O–H groups in total. The van der Waals surface area contributed by atoms with Crippen LogP contribution in [0.2, 0.25) is 0 Å². The molecule has 0 saturated carbocycles. The van der Waals surface area contributed by atoms with Crippen molar-refractivity contribution in [1.82, 2.24) is 4.90 Å². The Morgan fingerprint density at radius 3 is 2.39 bits per heavy atom. The third-order valence-corrected chi connectivity index (χ3v) is 5.13. The molecule has 156 valence electrons. The van der Waals surface area contributed by atoms with E-state index in [1.807, 2.05) is 32.9 Å². The first-order valence-corrected chi connectivity index (χ1v) is 9.97. The first kappa shape index (κ1) is 20.7. The van der Waals surface area contributed by atoms with Gasteiger partial charge in [-0.15, -0.1) is 0 Å². The van der Waals surface area contributed by atoms with Crippen LogP contribution in [0.15, 0.2) is 12.1 Å². The van der Waals surface area contributed by atoms with Gasteiger partial charge in [-0.1, -0.05) is 6.92 Å². The molecular weight excluding hydrogens is 366 g/mol. The molecule has 0 spiro atoms. The number of fused-ring (bicyclic) bond motifs is 2. The maximum Gasteiger partial charge on any atom is 0.410 e. The molecule has 0 aliphatic carbocycles. The molecule has 1 aromatic carbocycles. The van der Waals surface area contributed by atoms with Gasteiger partial charge in [0.2, 0.25) is 0 Å². The SMILES string of the molecule is CCC(F)(F)CN1CCOc2cc3c(cc21)CCN(C(=O)OC(C)(C)C)CC3. The summed E-state index contributed by atoms with van der Waals surface area (Å²) in [4.78, 5) is 15.8. The lowest BCUT2D eigenvalue weighted by molar-refractivity contribution is 0.00411. The highest BCUT2D eigenvalue weighted by Gasteiger charge is 2.33. The Morgan fingerprint density at radius 1 is 1.14 bits per heavy atom. The summed E-state index contributed by atoms with van der Waals surface area (Å²) < 4.78 is 39.2. The Balaban J connectivity index is 1.78. The third kappa shape index (κ3) is 4.86. The van der Waals surface area contributed by atoms with Gasteiger partial charge in [0, 0.05) is 19.5 Å². The number of hydrogen-bond acceptors (Lipinski definition) is 4. The summed E-state index contributed by atoms with van der Waals surface area (Å²) in [5, 5.41) is 0. The molecule has 0 aromatic heterocycles. The number of alkyl halides is 2. The molecule has 0 atom stereocenters. The van der Waals surface area contributed by atoms with Crippen molar-refractivity contribution < 1.29 is 23.0 Å². The number of hydrogen-bond donors (Lipinski definition) is 0. The smallest absolute Gasteiger partial charge is 0.410 e. The summed E-state index contributed by atoms with van der Waals surface area (Å²) in [6, 6.07) is 3.92. The van der Waals surface area contributed by atoms with E-state index < -0.39 is 11.5 Å². The molecule has 28 heavy (non-hydrogen) atoms. The minimum Gasteiger partial charge on any atom is -0.490 e. The van der Waals surface area contributed by atoms with Crippen LogP contribution in [0.1, 0.15) is 45.2 Å². The Bertz CT molecular complexity index is 731. The van der Waals surface area contributed by atoms with Gasteiger partial charge in [0.1, 0.15) is 18.0 Å². The zero-order chi connectivity index (χ0) is 20.5. The van der Waals surface area contributed by atoms with Crippen LogP contribution in [-0.4, -0.2) is 55.3 Å². The van der Waals surface area contributed by atoms with E-state index in [1.54, 1.807) is 9.80 Å². The van der Waals surface area contributed by atoms with Crippen molar-refractivity contribution in [1.29, 1.82) is 0 Å². The van der Waals surface area contributed by atoms with Crippen molar-refractivity contribution in [2.45, 2.75) is 58.5 Å². The fraction of sp³-hybridized carbons (Fsp3) is 0.667. The number of anilines is 1. The van der Waals surface area contributed by atoms with Gasteiger partial charge in [-0.2, -0.15) is 0 Å². The molecule has 5 nitrogen and oxygen atoms in total. The standard InChI is InChI=1S/C21H30F2N2O3/c1-5-21(22,23)14-25-10-11-27-18-13-16-7-9-24(19(26)28-20(2,3)4)8-6-15(16)12-17(18)25/h12-13H,5-11,14H2,1-4H3. The minimum atomic E-state index is -2.73. The number of carbonyl (C=O) groups is 1. The van der Waals surface area contributed by atoms with E-state index in [9.17, 15) is 13.6 Å². The second-order valence-corrected chi connectivity index (χ2v) is 8.54. The number of amides is 1. The van der Waals surface area contributed by atoms with Crippen LogP contribution in [0.4, 0.5) is 19.3 Å². The van der Waals surface area contributed by atoms with Gasteiger partial charge in [0.05, 0.1) is 18.8 Å². The molecule has 2 aliphatic heterocycles. The van der Waals surface area contributed by atoms with E-state index >= 15 is 0 Å². The second kappa shape index (κ2) is 7.76. The molecular formula is C21H30F2N2O3. The minimum absolute atomic E-state index is 0.185. The first-order chi connectivity index (χ1) is 13.1. The average Bonchev–Trinajstić information content (AvgIpc) is 2.81. The summed E-state index contributed by atoms with van der Waals surface area (Å²) in [6.45, 7) is 8.72. The van der Waals surface area contributed by atoms with Crippen LogP contribution in [0.5, 0.6) is 5.75 Å². The summed E-state index contributed by atoms with van der Waals surface area (Å²) in [7, 11) is 0. The van der Waals surface area contributed by atoms with Crippen molar-refractivity contribution in [3.8, 4) is 5.75 Å². The summed E-state index contributed by atoms with van der Waals surface area (Å²) in [6.07, 6.45) is 0.858. The van der Waals surface area contributed by atoms with E-state index in [4.69, 9.17) is 9.47 Å². The van der Waals surface area contributed by atoms with Crippen molar-refractivity contribution in [2.24, 2.45) is 0 Å². The summed E-state index contributed by atoms with van der Waals surface area (Å²) in [5.74, 6) is -2.07. The van der Waals surface area contributed by atoms with Crippen LogP contribution in [-0.2, 0) is 17.6 Å². The normalized spacial score (nSPS) is 17.4. The van der Waals surface area contributed by atoms with Gasteiger partial charge in [-0.05, 0) is 56.9 Å². The predicted molar refractivity (Wildman–Crippen MR) is 105 cm³/mol. The van der Waals surface area contributed by atoms with E-state index in [0.29, 0.717) is 44.8 Å². The molecule has 0 fully saturated rings. The summed E-state index contributed by atoms with van der Waals surface area (Å²) >= 11 is 0. The number of ether oxygens (including phenoxy) is 2. The maximum atomic E-state index is 14.0. The van der Waals surface area contributed by atoms with E-state index in [0.717, 1.165) is 16.8 Å². The lowest BCUT2D eigenvalue weighted by atomic mass is 10.00. The molecule has 2 aliphatic rings. The van der Waals surface area contributed by atoms with Crippen LogP contribution in [0.25, 0.3) is 0 Å². The third-order valence-electron chi connectivity index (χ3n) is 5.13. The number of benzene rings is 1. The molecule has 1 aromatic rings. The molecule has 1 amide bonds. The van der Waals surface area contributed by atoms with Crippen LogP contribution >= 0.6 is 0 Å². The monoisotopic (exact) mass is 396 g/mol. The van der Waals surface area contributed by atoms with Gasteiger partial charge < -0.3 is 19.3 Å². The lowest BCUT2D eigenvalue weighted by Crippen LogP contribution is -2.41. The number of halogens is 2. The van der Waals surface area contributed by atoms with Crippen molar-refractivity contribution in [2.75, 3.05) is 37.7 Å². The number of nitrogens with zero attached hydrogens (tertiary/aromatic N) is 2. The van der Waals surface area contributed by atoms with Gasteiger partial charge >= 0.3 is 6.09 Å². The Hall–Kier alpha value is -2.05. The highest BCUT2D eigenvalue weighted by molar-refractivity contribution is 5.69. The largest absolute Gasteiger partial charge is 0.490 e. The average molecular weight is 396 g/mol. The quantitative estimate of drug-likeness (QED) is 0.765. The van der Waals surface area contributed by atoms with Crippen LogP contribution in [0, 0.1) is 0 Å². The van der Waals surface area contributed by atoms with Gasteiger partial charge in [-0.25, -0.2) is 13.6 Å². The number of rotatable bonds is 3. The Labute approximate surface area is 165 Å². The highest BCUT2D eigenvalue weighted by Crippen LogP contribution is 2.37. The predicted octanol–water partition coefficient (Wildman–Crippen LogP) is 4.27. The Morgan fingerprint density at radius 2 is 1.79 bits per heavy atom. The molecule has 0 radical (unpaired) electrons. The topological polar surface area (TPSA) is 42.0 Å². The van der Waals surface area contributed by atoms with Crippen LogP contribution < -0.4 is 9.64 Å². The maximum absolute atomic E-state index is 14.0. The van der Waals surface area contributed by atoms with E-state index in [2.05, 4.69) is 0 Å². The Kier molecular flexibility index (Phi) is 5.73. The lowest BCUT2D eigenvalue weighted by Gasteiger charge is -2.34. The molecule has 2 heterocycles. The molecule has 0 unspecified atom stereocenters. The molecule has 7 heteroatoms. The first-order valence-electron chi connectivity index (χ1n) is 9.97. The molecule has 0 saturated heterocycles. The fourth-order valence-electron chi connectivity index (χ4n) is 3.56. The van der Waals surface area contributed by atoms with E-state index in [1.165, 1.54) is 6.92 Å². The van der Waals surface area contributed by atoms with Crippen LogP contribution in [0.3, 0.4) is 0 Å². The molecule has 3 rings (SSSR count). The fourth-order valence-corrected chi connectivity index (χ4v) is 3.56. The van der Waals surface area contributed by atoms with Crippen molar-refractivity contribution in [3.63, 3.8) is 0 Å².